The van der Waals surface area contributed by atoms with Crippen LogP contribution in [0.25, 0.3) is 6.08 Å². The number of carbonyl (C=O) groups is 3. The highest BCUT2D eigenvalue weighted by Crippen LogP contribution is 2.50. The van der Waals surface area contributed by atoms with Gasteiger partial charge in [0.2, 0.25) is 11.8 Å². The molecule has 0 unspecified atom stereocenters. The molecule has 0 radical (unpaired) electrons. The number of aryl methyl sites for hydroxylation is 3. The van der Waals surface area contributed by atoms with Crippen LogP contribution in [0.15, 0.2) is 42.5 Å². The van der Waals surface area contributed by atoms with E-state index in [0.717, 1.165) is 27.9 Å². The van der Waals surface area contributed by atoms with Gasteiger partial charge in [0.05, 0.1) is 23.6 Å². The van der Waals surface area contributed by atoms with E-state index in [4.69, 9.17) is 0 Å². The Kier molecular flexibility index (Phi) is 4.01. The molecule has 2 aromatic rings. The molecule has 2 fully saturated rings. The molecular weight excluding hydrogens is 376 g/mol. The molecule has 3 aliphatic heterocycles. The molecule has 2 amide bonds. The Hall–Kier alpha value is -3.21. The maximum Gasteiger partial charge on any atom is 0.240 e. The van der Waals surface area contributed by atoms with Crippen molar-refractivity contribution in [1.29, 1.82) is 0 Å². The van der Waals surface area contributed by atoms with Gasteiger partial charge in [0.25, 0.3) is 0 Å². The number of nitrogens with zero attached hydrogens (tertiary/aromatic N) is 2. The van der Waals surface area contributed by atoms with E-state index in [9.17, 15) is 14.4 Å². The summed E-state index contributed by atoms with van der Waals surface area (Å²) < 4.78 is 0. The number of anilines is 2. The minimum absolute atomic E-state index is 0.0844. The molecule has 0 aromatic heterocycles. The minimum atomic E-state index is -0.670. The SMILES string of the molecule is CC(=O)[C@@H]1[C@@H]2C(=O)N(c3c(C)cccc3C)C(=O)[C@@H]2[C@H]2C=Cc3cc(C)ccc3N21. The van der Waals surface area contributed by atoms with E-state index in [-0.39, 0.29) is 23.6 Å². The summed E-state index contributed by atoms with van der Waals surface area (Å²) in [6.45, 7) is 7.36. The quantitative estimate of drug-likeness (QED) is 0.723. The number of imide groups is 1. The predicted octanol–water partition coefficient (Wildman–Crippen LogP) is 3.59. The number of amides is 2. The van der Waals surface area contributed by atoms with Crippen molar-refractivity contribution in [3.05, 3.63) is 64.7 Å². The van der Waals surface area contributed by atoms with E-state index >= 15 is 0 Å². The Morgan fingerprint density at radius 1 is 0.933 bits per heavy atom. The highest BCUT2D eigenvalue weighted by molar-refractivity contribution is 6.25. The van der Waals surface area contributed by atoms with Crippen LogP contribution < -0.4 is 9.80 Å². The van der Waals surface area contributed by atoms with Crippen molar-refractivity contribution >= 4 is 35.0 Å². The van der Waals surface area contributed by atoms with Gasteiger partial charge in [-0.05, 0) is 56.5 Å². The van der Waals surface area contributed by atoms with Crippen molar-refractivity contribution in [3.8, 4) is 0 Å². The third-order valence-corrected chi connectivity index (χ3v) is 6.74. The zero-order chi connectivity index (χ0) is 21.3. The van der Waals surface area contributed by atoms with Gasteiger partial charge in [-0.2, -0.15) is 0 Å². The summed E-state index contributed by atoms with van der Waals surface area (Å²) >= 11 is 0. The molecule has 0 spiro atoms. The summed E-state index contributed by atoms with van der Waals surface area (Å²) in [6.07, 6.45) is 4.00. The van der Waals surface area contributed by atoms with E-state index in [1.807, 2.05) is 68.2 Å². The molecule has 152 valence electrons. The van der Waals surface area contributed by atoms with Crippen molar-refractivity contribution in [2.75, 3.05) is 9.80 Å². The van der Waals surface area contributed by atoms with Crippen molar-refractivity contribution in [2.24, 2.45) is 11.8 Å². The summed E-state index contributed by atoms with van der Waals surface area (Å²) in [6, 6.07) is 10.9. The second-order valence-electron chi connectivity index (χ2n) is 8.68. The first-order valence-corrected chi connectivity index (χ1v) is 10.3. The molecule has 3 heterocycles. The topological polar surface area (TPSA) is 57.7 Å². The van der Waals surface area contributed by atoms with Gasteiger partial charge in [0.15, 0.2) is 5.78 Å². The van der Waals surface area contributed by atoms with E-state index in [1.165, 1.54) is 11.8 Å². The molecule has 3 aliphatic rings. The molecule has 30 heavy (non-hydrogen) atoms. The maximum atomic E-state index is 13.6. The van der Waals surface area contributed by atoms with Crippen LogP contribution in [0.5, 0.6) is 0 Å². The van der Waals surface area contributed by atoms with Gasteiger partial charge in [-0.15, -0.1) is 0 Å². The van der Waals surface area contributed by atoms with Gasteiger partial charge in [0, 0.05) is 5.69 Å². The van der Waals surface area contributed by atoms with Crippen LogP contribution >= 0.6 is 0 Å². The average molecular weight is 400 g/mol. The second kappa shape index (κ2) is 6.39. The lowest BCUT2D eigenvalue weighted by molar-refractivity contribution is -0.126. The van der Waals surface area contributed by atoms with Gasteiger partial charge >= 0.3 is 0 Å². The molecule has 5 nitrogen and oxygen atoms in total. The summed E-state index contributed by atoms with van der Waals surface area (Å²) in [5.74, 6) is -1.79. The highest BCUT2D eigenvalue weighted by Gasteiger charge is 2.63. The Labute approximate surface area is 176 Å². The fourth-order valence-corrected chi connectivity index (χ4v) is 5.53. The summed E-state index contributed by atoms with van der Waals surface area (Å²) in [7, 11) is 0. The van der Waals surface area contributed by atoms with Crippen LogP contribution in [0.4, 0.5) is 11.4 Å². The molecule has 0 saturated carbocycles. The first-order chi connectivity index (χ1) is 14.3. The summed E-state index contributed by atoms with van der Waals surface area (Å²) in [5, 5.41) is 0. The van der Waals surface area contributed by atoms with Crippen molar-refractivity contribution in [1.82, 2.24) is 0 Å². The average Bonchev–Trinajstić information content (AvgIpc) is 3.16. The van der Waals surface area contributed by atoms with Crippen molar-refractivity contribution in [2.45, 2.75) is 39.8 Å². The monoisotopic (exact) mass is 400 g/mol. The van der Waals surface area contributed by atoms with Crippen molar-refractivity contribution < 1.29 is 14.4 Å². The molecular formula is C25H24N2O3. The van der Waals surface area contributed by atoms with Crippen LogP contribution in [0, 0.1) is 32.6 Å². The van der Waals surface area contributed by atoms with Crippen LogP contribution in [-0.4, -0.2) is 29.7 Å². The third-order valence-electron chi connectivity index (χ3n) is 6.74. The normalized spacial score (nSPS) is 26.7. The lowest BCUT2D eigenvalue weighted by Crippen LogP contribution is -2.48. The van der Waals surface area contributed by atoms with Gasteiger partial charge in [-0.3, -0.25) is 14.4 Å². The third kappa shape index (κ3) is 2.38. The second-order valence-corrected chi connectivity index (χ2v) is 8.68. The Morgan fingerprint density at radius 2 is 1.60 bits per heavy atom. The zero-order valence-corrected chi connectivity index (χ0v) is 17.5. The first-order valence-electron chi connectivity index (χ1n) is 10.3. The van der Waals surface area contributed by atoms with Gasteiger partial charge in [-0.25, -0.2) is 4.90 Å². The largest absolute Gasteiger partial charge is 0.353 e. The molecule has 0 aliphatic carbocycles. The molecule has 4 atom stereocenters. The zero-order valence-electron chi connectivity index (χ0n) is 17.5. The smallest absolute Gasteiger partial charge is 0.240 e. The lowest BCUT2D eigenvalue weighted by atomic mass is 9.88. The number of hydrogen-bond acceptors (Lipinski definition) is 4. The van der Waals surface area contributed by atoms with Gasteiger partial charge in [0.1, 0.15) is 6.04 Å². The van der Waals surface area contributed by atoms with Crippen LogP contribution in [0.3, 0.4) is 0 Å². The number of carbonyl (C=O) groups excluding carboxylic acids is 3. The Bertz CT molecular complexity index is 1130. The predicted molar refractivity (Wildman–Crippen MR) is 116 cm³/mol. The van der Waals surface area contributed by atoms with Crippen LogP contribution in [0.1, 0.15) is 29.2 Å². The molecule has 5 heteroatoms. The Morgan fingerprint density at radius 3 is 2.27 bits per heavy atom. The number of benzene rings is 2. The Balaban J connectivity index is 1.65. The molecule has 0 bridgehead atoms. The number of ketones is 1. The molecule has 2 aromatic carbocycles. The van der Waals surface area contributed by atoms with Crippen LogP contribution in [0.2, 0.25) is 0 Å². The first kappa shape index (κ1) is 18.8. The summed E-state index contributed by atoms with van der Waals surface area (Å²) in [4.78, 5) is 43.4. The van der Waals surface area contributed by atoms with E-state index in [2.05, 4.69) is 6.07 Å². The number of fused-ring (bicyclic) bond motifs is 5. The maximum absolute atomic E-state index is 13.6. The number of Topliss-reactive ketones (excluding diaryl/α,β-unsaturated/α-hetero) is 1. The number of hydrogen-bond donors (Lipinski definition) is 0. The standard InChI is InChI=1S/C25H24N2O3/c1-13-8-10-18-17(12-13)9-11-19-20-21(23(16(4)28)26(18)19)25(30)27(24(20)29)22-14(2)6-5-7-15(22)3/h5-12,19-21,23H,1-4H3/t19-,20-,21-,23-/m1/s1. The fourth-order valence-electron chi connectivity index (χ4n) is 5.53. The highest BCUT2D eigenvalue weighted by atomic mass is 16.2. The van der Waals surface area contributed by atoms with Gasteiger partial charge in [-0.1, -0.05) is 42.0 Å². The fraction of sp³-hybridized carbons (Fsp3) is 0.320. The number of rotatable bonds is 2. The lowest BCUT2D eigenvalue weighted by Gasteiger charge is -2.36. The summed E-state index contributed by atoms with van der Waals surface area (Å²) in [5.41, 5.74) is 5.49. The van der Waals surface area contributed by atoms with E-state index in [0.29, 0.717) is 5.69 Å². The van der Waals surface area contributed by atoms with Crippen LogP contribution in [-0.2, 0) is 14.4 Å². The van der Waals surface area contributed by atoms with Gasteiger partial charge < -0.3 is 4.90 Å². The molecule has 0 N–H and O–H groups in total. The molecule has 5 rings (SSSR count). The minimum Gasteiger partial charge on any atom is -0.353 e. The molecule has 2 saturated heterocycles. The van der Waals surface area contributed by atoms with E-state index in [1.54, 1.807) is 0 Å². The van der Waals surface area contributed by atoms with Crippen molar-refractivity contribution in [3.63, 3.8) is 0 Å². The van der Waals surface area contributed by atoms with E-state index < -0.39 is 17.9 Å². The number of para-hydroxylation sites is 1.